The van der Waals surface area contributed by atoms with Crippen molar-refractivity contribution in [1.82, 2.24) is 5.32 Å². The Morgan fingerprint density at radius 3 is 2.51 bits per heavy atom. The summed E-state index contributed by atoms with van der Waals surface area (Å²) < 4.78 is 44.8. The molecule has 3 aliphatic rings. The van der Waals surface area contributed by atoms with Crippen LogP contribution in [0.4, 0.5) is 18.9 Å². The maximum absolute atomic E-state index is 13.8. The Bertz CT molecular complexity index is 1290. The summed E-state index contributed by atoms with van der Waals surface area (Å²) in [6.45, 7) is 0.475. The van der Waals surface area contributed by atoms with Crippen molar-refractivity contribution in [3.63, 3.8) is 0 Å². The first kappa shape index (κ1) is 26.7. The Labute approximate surface area is 223 Å². The first-order chi connectivity index (χ1) is 18.6. The maximum Gasteiger partial charge on any atom is 0.389 e. The zero-order valence-corrected chi connectivity index (χ0v) is 21.1. The van der Waals surface area contributed by atoms with Gasteiger partial charge in [-0.3, -0.25) is 14.4 Å². The van der Waals surface area contributed by atoms with Crippen molar-refractivity contribution in [3.05, 3.63) is 59.7 Å². The molecule has 0 spiro atoms. The average Bonchev–Trinajstić information content (AvgIpc) is 3.74. The van der Waals surface area contributed by atoms with Gasteiger partial charge in [0.1, 0.15) is 12.4 Å². The molecule has 0 saturated heterocycles. The van der Waals surface area contributed by atoms with Gasteiger partial charge in [-0.2, -0.15) is 13.2 Å². The number of nitrogens with zero attached hydrogens (tertiary/aromatic N) is 2. The molecule has 206 valence electrons. The van der Waals surface area contributed by atoms with Gasteiger partial charge in [0.25, 0.3) is 5.91 Å². The number of hydrogen-bond donors (Lipinski definition) is 2. The van der Waals surface area contributed by atoms with Crippen molar-refractivity contribution >= 4 is 29.1 Å². The number of rotatable bonds is 9. The Balaban J connectivity index is 1.50. The van der Waals surface area contributed by atoms with E-state index in [0.717, 1.165) is 12.8 Å². The Morgan fingerprint density at radius 1 is 1.10 bits per heavy atom. The third-order valence-corrected chi connectivity index (χ3v) is 7.39. The number of ether oxygens (including phenoxy) is 1. The fourth-order valence-electron chi connectivity index (χ4n) is 5.28. The van der Waals surface area contributed by atoms with Gasteiger partial charge in [-0.1, -0.05) is 55.3 Å². The zero-order chi connectivity index (χ0) is 27.7. The van der Waals surface area contributed by atoms with Crippen LogP contribution in [0.5, 0.6) is 5.75 Å². The van der Waals surface area contributed by atoms with E-state index < -0.39 is 54.7 Å². The predicted molar refractivity (Wildman–Crippen MR) is 137 cm³/mol. The van der Waals surface area contributed by atoms with Crippen molar-refractivity contribution in [2.75, 3.05) is 18.1 Å². The first-order valence-electron chi connectivity index (χ1n) is 13.0. The molecule has 2 aliphatic heterocycles. The van der Waals surface area contributed by atoms with Gasteiger partial charge in [0.05, 0.1) is 17.9 Å². The molecule has 39 heavy (non-hydrogen) atoms. The van der Waals surface area contributed by atoms with E-state index in [1.165, 1.54) is 4.90 Å². The van der Waals surface area contributed by atoms with Crippen LogP contribution in [-0.2, 0) is 14.4 Å². The van der Waals surface area contributed by atoms with E-state index in [1.807, 2.05) is 36.4 Å². The number of anilines is 1. The van der Waals surface area contributed by atoms with Crippen molar-refractivity contribution in [1.29, 1.82) is 0 Å². The highest BCUT2D eigenvalue weighted by atomic mass is 19.4. The molecular formula is C28H29F3N4O4. The average molecular weight is 543 g/mol. The SMILES string of the molecule is NC(=O)[C@H](CCC(F)(F)F)[C@H](CC1CC1)C(=O)N[C@H]1N=C(c2ccccc2)c2cccc3c2N(CCO3)C1=O. The van der Waals surface area contributed by atoms with Crippen molar-refractivity contribution in [2.24, 2.45) is 28.5 Å². The molecule has 0 aromatic heterocycles. The number of benzene rings is 2. The van der Waals surface area contributed by atoms with Crippen LogP contribution in [0.2, 0.25) is 0 Å². The minimum atomic E-state index is -4.50. The lowest BCUT2D eigenvalue weighted by Crippen LogP contribution is -2.52. The zero-order valence-electron chi connectivity index (χ0n) is 21.1. The van der Waals surface area contributed by atoms with Crippen molar-refractivity contribution in [2.45, 2.75) is 44.4 Å². The summed E-state index contributed by atoms with van der Waals surface area (Å²) in [7, 11) is 0. The third kappa shape index (κ3) is 5.91. The smallest absolute Gasteiger partial charge is 0.389 e. The topological polar surface area (TPSA) is 114 Å². The summed E-state index contributed by atoms with van der Waals surface area (Å²) in [6.07, 6.45) is -5.84. The number of carbonyl (C=O) groups excluding carboxylic acids is 3. The molecule has 11 heteroatoms. The number of amides is 3. The van der Waals surface area contributed by atoms with Crippen LogP contribution in [0, 0.1) is 17.8 Å². The second kappa shape index (κ2) is 10.7. The number of primary amides is 1. The molecule has 3 N–H and O–H groups in total. The molecule has 0 radical (unpaired) electrons. The molecule has 3 atom stereocenters. The molecule has 1 fully saturated rings. The summed E-state index contributed by atoms with van der Waals surface area (Å²) >= 11 is 0. The summed E-state index contributed by atoms with van der Waals surface area (Å²) in [4.78, 5) is 45.9. The van der Waals surface area contributed by atoms with E-state index in [2.05, 4.69) is 10.3 Å². The Hall–Kier alpha value is -3.89. The van der Waals surface area contributed by atoms with Gasteiger partial charge in [0, 0.05) is 29.4 Å². The second-order valence-corrected chi connectivity index (χ2v) is 10.2. The number of nitrogens with one attached hydrogen (secondary N) is 1. The highest BCUT2D eigenvalue weighted by molar-refractivity contribution is 6.21. The van der Waals surface area contributed by atoms with Gasteiger partial charge in [-0.25, -0.2) is 4.99 Å². The first-order valence-corrected chi connectivity index (χ1v) is 13.0. The number of halogens is 3. The van der Waals surface area contributed by atoms with Crippen LogP contribution in [0.25, 0.3) is 0 Å². The van der Waals surface area contributed by atoms with Crippen molar-refractivity contribution < 1.29 is 32.3 Å². The minimum Gasteiger partial charge on any atom is -0.490 e. The van der Waals surface area contributed by atoms with Crippen LogP contribution in [0.3, 0.4) is 0 Å². The highest BCUT2D eigenvalue weighted by Gasteiger charge is 2.42. The van der Waals surface area contributed by atoms with Crippen LogP contribution in [-0.4, -0.2) is 48.9 Å². The highest BCUT2D eigenvalue weighted by Crippen LogP contribution is 2.41. The van der Waals surface area contributed by atoms with Gasteiger partial charge in [0.15, 0.2) is 0 Å². The van der Waals surface area contributed by atoms with Gasteiger partial charge in [0.2, 0.25) is 18.0 Å². The number of carbonyl (C=O) groups is 3. The third-order valence-electron chi connectivity index (χ3n) is 7.39. The van der Waals surface area contributed by atoms with Crippen LogP contribution in [0.1, 0.15) is 43.2 Å². The predicted octanol–water partition coefficient (Wildman–Crippen LogP) is 3.57. The van der Waals surface area contributed by atoms with Crippen LogP contribution >= 0.6 is 0 Å². The summed E-state index contributed by atoms with van der Waals surface area (Å²) in [5.74, 6) is -3.97. The molecule has 2 aromatic rings. The molecule has 5 rings (SSSR count). The molecule has 1 saturated carbocycles. The molecule has 8 nitrogen and oxygen atoms in total. The molecule has 3 amide bonds. The normalized spacial score (nSPS) is 20.2. The van der Waals surface area contributed by atoms with E-state index in [4.69, 9.17) is 10.5 Å². The standard InChI is InChI=1S/C28H29F3N4O4/c29-28(30,31)12-11-18(24(32)36)20(15-16-9-10-16)26(37)34-25-27(38)35-13-14-39-21-8-4-7-19(23(21)35)22(33-25)17-5-2-1-3-6-17/h1-8,16,18,20,25H,9-15H2,(H2,32,36)(H,34,37)/t18-,20+,25-/m1/s1. The lowest BCUT2D eigenvalue weighted by Gasteiger charge is -2.31. The molecule has 2 heterocycles. The quantitative estimate of drug-likeness (QED) is 0.504. The maximum atomic E-state index is 13.8. The second-order valence-electron chi connectivity index (χ2n) is 10.2. The number of hydrogen-bond acceptors (Lipinski definition) is 5. The van der Waals surface area contributed by atoms with Crippen molar-refractivity contribution in [3.8, 4) is 5.75 Å². The summed E-state index contributed by atoms with van der Waals surface area (Å²) in [5.41, 5.74) is 7.87. The molecule has 0 bridgehead atoms. The van der Waals surface area contributed by atoms with Gasteiger partial charge < -0.3 is 20.7 Å². The molecule has 0 unspecified atom stereocenters. The number of para-hydroxylation sites is 1. The lowest BCUT2D eigenvalue weighted by molar-refractivity contribution is -0.146. The summed E-state index contributed by atoms with van der Waals surface area (Å²) in [6, 6.07) is 14.5. The summed E-state index contributed by atoms with van der Waals surface area (Å²) in [5, 5.41) is 2.67. The van der Waals surface area contributed by atoms with E-state index in [0.29, 0.717) is 28.3 Å². The van der Waals surface area contributed by atoms with E-state index in [1.54, 1.807) is 12.1 Å². The fraction of sp³-hybridized carbons (Fsp3) is 0.429. The Kier molecular flexibility index (Phi) is 7.33. The van der Waals surface area contributed by atoms with E-state index in [-0.39, 0.29) is 25.5 Å². The minimum absolute atomic E-state index is 0.118. The monoisotopic (exact) mass is 542 g/mol. The largest absolute Gasteiger partial charge is 0.490 e. The number of alkyl halides is 3. The Morgan fingerprint density at radius 2 is 1.85 bits per heavy atom. The number of aliphatic imine (C=N–C) groups is 1. The molecule has 2 aromatic carbocycles. The molecular weight excluding hydrogens is 513 g/mol. The number of nitrogens with two attached hydrogens (primary N) is 1. The fourth-order valence-corrected chi connectivity index (χ4v) is 5.28. The van der Waals surface area contributed by atoms with E-state index >= 15 is 0 Å². The van der Waals surface area contributed by atoms with E-state index in [9.17, 15) is 27.6 Å². The lowest BCUT2D eigenvalue weighted by atomic mass is 9.83. The van der Waals surface area contributed by atoms with Gasteiger partial charge in [-0.15, -0.1) is 0 Å². The van der Waals surface area contributed by atoms with Crippen LogP contribution < -0.4 is 20.7 Å². The van der Waals surface area contributed by atoms with Gasteiger partial charge in [-0.05, 0) is 24.8 Å². The molecule has 1 aliphatic carbocycles. The van der Waals surface area contributed by atoms with Gasteiger partial charge >= 0.3 is 6.18 Å². The van der Waals surface area contributed by atoms with Crippen LogP contribution in [0.15, 0.2) is 53.5 Å².